The number of halogens is 2. The van der Waals surface area contributed by atoms with Crippen LogP contribution in [0.5, 0.6) is 0 Å². The number of rotatable bonds is 8. The number of imidazole rings is 1. The summed E-state index contributed by atoms with van der Waals surface area (Å²) in [4.78, 5) is 57.6. The zero-order valence-electron chi connectivity index (χ0n) is 19.0. The van der Waals surface area contributed by atoms with Gasteiger partial charge in [-0.15, -0.1) is 0 Å². The predicted octanol–water partition coefficient (Wildman–Crippen LogP) is -1.02. The maximum absolute atomic E-state index is 16.0. The van der Waals surface area contributed by atoms with Gasteiger partial charge in [-0.3, -0.25) is 18.9 Å². The summed E-state index contributed by atoms with van der Waals surface area (Å²) in [6.07, 6.45) is -6.98. The van der Waals surface area contributed by atoms with Crippen LogP contribution < -0.4 is 11.3 Å². The molecule has 0 radical (unpaired) electrons. The molecule has 2 aromatic heterocycles. The van der Waals surface area contributed by atoms with Crippen molar-refractivity contribution in [2.24, 2.45) is 0 Å². The van der Waals surface area contributed by atoms with Crippen LogP contribution in [0.3, 0.4) is 0 Å². The van der Waals surface area contributed by atoms with Crippen molar-refractivity contribution in [3.8, 4) is 11.8 Å². The second kappa shape index (κ2) is 9.99. The summed E-state index contributed by atoms with van der Waals surface area (Å²) in [5, 5.41) is 10.6. The standard InChI is InChI=1S/C13H16F2N5O13P3/c14-3-1-2-13(15)8(21)6(4-30-35(26,27)33-36(28,29)32-34(23,24)25)31-11(13)20-5-17-7-9(20)18-12(16)19-10(7)22/h5-6,8,11,21H,3-4H2,(H,26,27)(H,28,29)(H2,23,24,25)(H3,16,18,19,22)/t6-,8+,11-,13?/m1/s1/i4D2. The van der Waals surface area contributed by atoms with Crippen molar-refractivity contribution in [3.63, 3.8) is 0 Å². The van der Waals surface area contributed by atoms with E-state index in [1.54, 1.807) is 11.8 Å². The molecule has 3 heterocycles. The molecule has 1 saturated heterocycles. The Morgan fingerprint density at radius 1 is 1.31 bits per heavy atom. The van der Waals surface area contributed by atoms with Gasteiger partial charge >= 0.3 is 23.5 Å². The zero-order valence-corrected chi connectivity index (χ0v) is 19.7. The van der Waals surface area contributed by atoms with Gasteiger partial charge in [0, 0.05) is 0 Å². The fourth-order valence-electron chi connectivity index (χ4n) is 2.87. The monoisotopic (exact) mass is 583 g/mol. The summed E-state index contributed by atoms with van der Waals surface area (Å²) in [5.74, 6) is 2.86. The van der Waals surface area contributed by atoms with Gasteiger partial charge in [0.1, 0.15) is 18.9 Å². The van der Waals surface area contributed by atoms with Gasteiger partial charge in [-0.25, -0.2) is 27.5 Å². The van der Waals surface area contributed by atoms with E-state index in [2.05, 4.69) is 28.1 Å². The first-order chi connectivity index (χ1) is 17.2. The molecule has 18 nitrogen and oxygen atoms in total. The van der Waals surface area contributed by atoms with Crippen LogP contribution in [-0.4, -0.2) is 75.3 Å². The van der Waals surface area contributed by atoms with E-state index >= 15 is 4.39 Å². The number of H-pyrrole nitrogens is 1. The fraction of sp³-hybridized carbons (Fsp3) is 0.462. The van der Waals surface area contributed by atoms with Gasteiger partial charge in [-0.05, 0) is 0 Å². The Bertz CT molecular complexity index is 1510. The molecule has 2 aromatic rings. The minimum atomic E-state index is -6.16. The summed E-state index contributed by atoms with van der Waals surface area (Å²) in [5.41, 5.74) is 0.206. The van der Waals surface area contributed by atoms with Crippen LogP contribution in [0.1, 0.15) is 8.97 Å². The molecule has 200 valence electrons. The Balaban J connectivity index is 2.01. The Labute approximate surface area is 200 Å². The Hall–Kier alpha value is -2.10. The van der Waals surface area contributed by atoms with Crippen LogP contribution in [0.15, 0.2) is 11.1 Å². The number of nitrogens with two attached hydrogens (primary N) is 1. The van der Waals surface area contributed by atoms with Gasteiger partial charge < -0.3 is 35.2 Å². The molecule has 1 aliphatic rings. The topological polar surface area (TPSA) is 279 Å². The molecule has 3 unspecified atom stereocenters. The van der Waals surface area contributed by atoms with Crippen molar-refractivity contribution < 1.29 is 67.8 Å². The van der Waals surface area contributed by atoms with E-state index in [1.807, 2.05) is 0 Å². The van der Waals surface area contributed by atoms with Crippen LogP contribution in [0.25, 0.3) is 11.2 Å². The van der Waals surface area contributed by atoms with Crippen LogP contribution >= 0.6 is 23.5 Å². The van der Waals surface area contributed by atoms with E-state index < -0.39 is 83.5 Å². The molecular weight excluding hydrogens is 565 g/mol. The number of nitrogen functional groups attached to an aromatic ring is 1. The number of nitrogens with one attached hydrogen (secondary N) is 1. The van der Waals surface area contributed by atoms with Crippen LogP contribution in [-0.2, 0) is 31.6 Å². The van der Waals surface area contributed by atoms with Crippen molar-refractivity contribution in [2.45, 2.75) is 24.1 Å². The van der Waals surface area contributed by atoms with Crippen molar-refractivity contribution in [2.75, 3.05) is 19.0 Å². The molecule has 0 aliphatic carbocycles. The Kier molecular flexibility index (Phi) is 7.09. The normalized spacial score (nSPS) is 29.0. The SMILES string of the molecule is [2H]C([2H])(OP(=O)(O)OP(=O)(O)OP(=O)(O)O)[C@H]1O[C@@H](n2cnc3c(=O)[nH]c(N)nc32)C(F)(C#CCF)[C@H]1O. The maximum atomic E-state index is 16.0. The highest BCUT2D eigenvalue weighted by molar-refractivity contribution is 7.66. The largest absolute Gasteiger partial charge is 0.490 e. The number of aromatic amines is 1. The highest BCUT2D eigenvalue weighted by atomic mass is 31.3. The molecule has 23 heteroatoms. The lowest BCUT2D eigenvalue weighted by atomic mass is 9.96. The fourth-order valence-corrected chi connectivity index (χ4v) is 5.75. The van der Waals surface area contributed by atoms with E-state index in [9.17, 15) is 37.8 Å². The highest BCUT2D eigenvalue weighted by Gasteiger charge is 2.58. The summed E-state index contributed by atoms with van der Waals surface area (Å²) in [6, 6.07) is 0. The van der Waals surface area contributed by atoms with E-state index in [-0.39, 0.29) is 0 Å². The number of fused-ring (bicyclic) bond motifs is 1. The van der Waals surface area contributed by atoms with E-state index in [1.165, 1.54) is 0 Å². The summed E-state index contributed by atoms with van der Waals surface area (Å²) < 4.78 is 95.6. The number of aliphatic hydroxyl groups excluding tert-OH is 1. The maximum Gasteiger partial charge on any atom is 0.490 e. The predicted molar refractivity (Wildman–Crippen MR) is 110 cm³/mol. The molecule has 0 amide bonds. The molecule has 0 bridgehead atoms. The van der Waals surface area contributed by atoms with Crippen molar-refractivity contribution in [1.29, 1.82) is 0 Å². The zero-order chi connectivity index (χ0) is 28.9. The minimum absolute atomic E-state index is 0.433. The molecule has 1 aliphatic heterocycles. The number of phosphoric acid groups is 3. The molecule has 3 rings (SSSR count). The molecule has 36 heavy (non-hydrogen) atoms. The smallest absolute Gasteiger partial charge is 0.386 e. The molecule has 0 aromatic carbocycles. The first kappa shape index (κ1) is 25.5. The second-order valence-corrected chi connectivity index (χ2v) is 11.0. The van der Waals surface area contributed by atoms with Crippen LogP contribution in [0, 0.1) is 11.8 Å². The number of hydrogen-bond donors (Lipinski definition) is 7. The lowest BCUT2D eigenvalue weighted by Gasteiger charge is -2.23. The second-order valence-electron chi connectivity index (χ2n) is 6.63. The van der Waals surface area contributed by atoms with Gasteiger partial charge in [0.2, 0.25) is 11.6 Å². The van der Waals surface area contributed by atoms with Gasteiger partial charge in [0.15, 0.2) is 17.4 Å². The third kappa shape index (κ3) is 6.23. The first-order valence-corrected chi connectivity index (χ1v) is 13.4. The Morgan fingerprint density at radius 2 is 1.97 bits per heavy atom. The summed E-state index contributed by atoms with van der Waals surface area (Å²) in [6.45, 7) is -5.28. The van der Waals surface area contributed by atoms with Crippen molar-refractivity contribution in [1.82, 2.24) is 19.5 Å². The van der Waals surface area contributed by atoms with E-state index in [0.717, 1.165) is 6.33 Å². The van der Waals surface area contributed by atoms with E-state index in [4.69, 9.17) is 23.0 Å². The molecule has 8 N–H and O–H groups in total. The quantitative estimate of drug-likeness (QED) is 0.145. The number of aromatic nitrogens is 4. The molecular formula is C13H16F2N5O13P3. The first-order valence-electron chi connectivity index (χ1n) is 9.87. The number of aliphatic hydroxyl groups is 1. The van der Waals surface area contributed by atoms with E-state index in [0.29, 0.717) is 4.57 Å². The van der Waals surface area contributed by atoms with Gasteiger partial charge in [0.05, 0.1) is 15.6 Å². The van der Waals surface area contributed by atoms with Crippen LogP contribution in [0.4, 0.5) is 14.7 Å². The van der Waals surface area contributed by atoms with Crippen LogP contribution in [0.2, 0.25) is 0 Å². The van der Waals surface area contributed by atoms with Gasteiger partial charge in [-0.1, -0.05) is 11.8 Å². The summed E-state index contributed by atoms with van der Waals surface area (Å²) >= 11 is 0. The average molecular weight is 583 g/mol. The van der Waals surface area contributed by atoms with Gasteiger partial charge in [0.25, 0.3) is 5.56 Å². The molecule has 6 atom stereocenters. The lowest BCUT2D eigenvalue weighted by Crippen LogP contribution is -2.42. The van der Waals surface area contributed by atoms with Crippen molar-refractivity contribution in [3.05, 3.63) is 16.7 Å². The van der Waals surface area contributed by atoms with Gasteiger partial charge in [-0.2, -0.15) is 13.6 Å². The molecule has 0 saturated carbocycles. The number of nitrogens with zero attached hydrogens (tertiary/aromatic N) is 3. The number of phosphoric ester groups is 1. The number of anilines is 1. The number of hydrogen-bond acceptors (Lipinski definition) is 12. The molecule has 0 spiro atoms. The average Bonchev–Trinajstić information content (AvgIpc) is 3.22. The molecule has 1 fully saturated rings. The lowest BCUT2D eigenvalue weighted by molar-refractivity contribution is -0.0496. The summed E-state index contributed by atoms with van der Waals surface area (Å²) in [7, 11) is -18.0. The third-order valence-corrected chi connectivity index (χ3v) is 7.77. The third-order valence-electron chi connectivity index (χ3n) is 4.10. The van der Waals surface area contributed by atoms with Crippen molar-refractivity contribution >= 4 is 40.6 Å². The number of ether oxygens (including phenoxy) is 1. The Morgan fingerprint density at radius 3 is 2.58 bits per heavy atom. The minimum Gasteiger partial charge on any atom is -0.386 e. The highest BCUT2D eigenvalue weighted by Crippen LogP contribution is 2.66. The number of alkyl halides is 2.